The van der Waals surface area contributed by atoms with E-state index in [4.69, 9.17) is 9.26 Å². The predicted octanol–water partition coefficient (Wildman–Crippen LogP) is 4.12. The van der Waals surface area contributed by atoms with Crippen LogP contribution in [0.5, 0.6) is 0 Å². The second-order valence-electron chi connectivity index (χ2n) is 9.29. The Morgan fingerprint density at radius 1 is 1.14 bits per heavy atom. The number of benzene rings is 1. The number of fused-ring (bicyclic) bond motifs is 1. The third-order valence-corrected chi connectivity index (χ3v) is 7.40. The molecule has 0 bridgehead atoms. The molecule has 1 aliphatic rings. The monoisotopic (exact) mass is 495 g/mol. The molecular weight excluding hydrogens is 466 g/mol. The number of ether oxygens (including phenoxy) is 1. The Morgan fingerprint density at radius 3 is 2.60 bits per heavy atom. The van der Waals surface area contributed by atoms with Crippen LogP contribution < -0.4 is 4.90 Å². The van der Waals surface area contributed by atoms with Crippen LogP contribution in [0, 0.1) is 0 Å². The van der Waals surface area contributed by atoms with Crippen molar-refractivity contribution in [1.82, 2.24) is 19.7 Å². The predicted molar refractivity (Wildman–Crippen MR) is 133 cm³/mol. The molecule has 4 heterocycles. The summed E-state index contributed by atoms with van der Waals surface area (Å²) in [6.07, 6.45) is 6.91. The molecule has 0 saturated carbocycles. The maximum absolute atomic E-state index is 11.8. The van der Waals surface area contributed by atoms with E-state index in [-0.39, 0.29) is 12.0 Å². The molecule has 1 fully saturated rings. The highest BCUT2D eigenvalue weighted by Gasteiger charge is 2.24. The molecule has 184 valence electrons. The fourth-order valence-corrected chi connectivity index (χ4v) is 4.87. The lowest BCUT2D eigenvalue weighted by Gasteiger charge is -2.30. The number of rotatable bonds is 7. The molecule has 3 aromatic heterocycles. The second kappa shape index (κ2) is 9.43. The minimum Gasteiger partial charge on any atom is -0.373 e. The van der Waals surface area contributed by atoms with E-state index in [9.17, 15) is 8.42 Å². The van der Waals surface area contributed by atoms with Gasteiger partial charge in [0.25, 0.3) is 0 Å². The van der Waals surface area contributed by atoms with Crippen LogP contribution in [0.1, 0.15) is 44.0 Å². The van der Waals surface area contributed by atoms with Crippen LogP contribution >= 0.6 is 0 Å². The summed E-state index contributed by atoms with van der Waals surface area (Å²) < 4.78 is 37.2. The van der Waals surface area contributed by atoms with E-state index in [0.717, 1.165) is 54.0 Å². The Morgan fingerprint density at radius 2 is 1.94 bits per heavy atom. The van der Waals surface area contributed by atoms with Crippen molar-refractivity contribution in [2.24, 2.45) is 0 Å². The molecule has 0 unspecified atom stereocenters. The first kappa shape index (κ1) is 23.5. The zero-order valence-electron chi connectivity index (χ0n) is 20.1. The Bertz CT molecular complexity index is 1420. The highest BCUT2D eigenvalue weighted by atomic mass is 32.2. The summed E-state index contributed by atoms with van der Waals surface area (Å²) in [5.74, 6) is 1.75. The molecular formula is C25H29N5O4S. The number of hydrogen-bond donors (Lipinski definition) is 0. The van der Waals surface area contributed by atoms with Crippen molar-refractivity contribution < 1.29 is 17.7 Å². The molecule has 1 aromatic carbocycles. The first-order valence-corrected chi connectivity index (χ1v) is 13.6. The number of hydrogen-bond acceptors (Lipinski definition) is 8. The molecule has 5 rings (SSSR count). The first-order chi connectivity index (χ1) is 16.8. The van der Waals surface area contributed by atoms with Crippen LogP contribution in [0.3, 0.4) is 0 Å². The summed E-state index contributed by atoms with van der Waals surface area (Å²) in [6, 6.07) is 11.6. The average Bonchev–Trinajstić information content (AvgIpc) is 3.50. The minimum absolute atomic E-state index is 0.177. The van der Waals surface area contributed by atoms with Gasteiger partial charge < -0.3 is 18.7 Å². The lowest BCUT2D eigenvalue weighted by atomic mass is 10.1. The Balaban J connectivity index is 1.17. The van der Waals surface area contributed by atoms with Gasteiger partial charge in [-0.1, -0.05) is 25.1 Å². The van der Waals surface area contributed by atoms with E-state index in [1.165, 1.54) is 6.26 Å². The number of piperidine rings is 1. The lowest BCUT2D eigenvalue weighted by molar-refractivity contribution is 0.0244. The van der Waals surface area contributed by atoms with Crippen molar-refractivity contribution >= 4 is 26.8 Å². The van der Waals surface area contributed by atoms with E-state index in [0.29, 0.717) is 17.5 Å². The third kappa shape index (κ3) is 5.08. The van der Waals surface area contributed by atoms with Gasteiger partial charge in [-0.25, -0.2) is 13.4 Å². The molecule has 0 spiro atoms. The van der Waals surface area contributed by atoms with Gasteiger partial charge in [0.15, 0.2) is 15.7 Å². The van der Waals surface area contributed by atoms with Crippen molar-refractivity contribution in [3.8, 4) is 5.82 Å². The van der Waals surface area contributed by atoms with Crippen molar-refractivity contribution in [3.05, 3.63) is 60.2 Å². The van der Waals surface area contributed by atoms with Crippen molar-refractivity contribution in [2.75, 3.05) is 24.2 Å². The van der Waals surface area contributed by atoms with Crippen molar-refractivity contribution in [3.63, 3.8) is 0 Å². The fraction of sp³-hybridized carbons (Fsp3) is 0.400. The Hall–Kier alpha value is -3.24. The van der Waals surface area contributed by atoms with Crippen molar-refractivity contribution in [1.29, 1.82) is 0 Å². The number of aromatic nitrogens is 4. The summed E-state index contributed by atoms with van der Waals surface area (Å²) in [4.78, 5) is 11.5. The van der Waals surface area contributed by atoms with Gasteiger partial charge in [-0.15, -0.1) is 0 Å². The molecule has 0 N–H and O–H groups in total. The normalized spacial score (nSPS) is 15.4. The van der Waals surface area contributed by atoms with Gasteiger partial charge in [0.05, 0.1) is 23.1 Å². The molecule has 0 radical (unpaired) electrons. The highest BCUT2D eigenvalue weighted by Crippen LogP contribution is 2.24. The topological polar surface area (TPSA) is 103 Å². The zero-order valence-corrected chi connectivity index (χ0v) is 20.9. The second-order valence-corrected chi connectivity index (χ2v) is 11.3. The van der Waals surface area contributed by atoms with E-state index < -0.39 is 9.84 Å². The first-order valence-electron chi connectivity index (χ1n) is 11.7. The molecule has 0 amide bonds. The summed E-state index contributed by atoms with van der Waals surface area (Å²) in [5, 5.41) is 4.91. The van der Waals surface area contributed by atoms with Crippen molar-refractivity contribution in [2.45, 2.75) is 50.2 Å². The maximum atomic E-state index is 11.8. The summed E-state index contributed by atoms with van der Waals surface area (Å²) in [6.45, 7) is 6.24. The van der Waals surface area contributed by atoms with Crippen LogP contribution in [-0.2, 0) is 21.2 Å². The van der Waals surface area contributed by atoms with E-state index in [2.05, 4.69) is 20.0 Å². The summed E-state index contributed by atoms with van der Waals surface area (Å²) in [5.41, 5.74) is 1.91. The molecule has 9 nitrogen and oxygen atoms in total. The number of nitrogens with zero attached hydrogens (tertiary/aromatic N) is 5. The van der Waals surface area contributed by atoms with E-state index >= 15 is 0 Å². The molecule has 0 atom stereocenters. The van der Waals surface area contributed by atoms with Crippen LogP contribution in [-0.4, -0.2) is 53.6 Å². The van der Waals surface area contributed by atoms with Gasteiger partial charge in [-0.05, 0) is 48.7 Å². The molecule has 4 aromatic rings. The van der Waals surface area contributed by atoms with Gasteiger partial charge in [0.2, 0.25) is 0 Å². The smallest absolute Gasteiger partial charge is 0.324 e. The van der Waals surface area contributed by atoms with Gasteiger partial charge in [0.1, 0.15) is 5.82 Å². The van der Waals surface area contributed by atoms with Crippen LogP contribution in [0.25, 0.3) is 16.7 Å². The van der Waals surface area contributed by atoms with Gasteiger partial charge >= 0.3 is 6.01 Å². The molecule has 1 saturated heterocycles. The molecule has 0 aliphatic carbocycles. The third-order valence-electron chi connectivity index (χ3n) is 6.29. The number of sulfone groups is 1. The van der Waals surface area contributed by atoms with E-state index in [1.807, 2.05) is 55.1 Å². The lowest BCUT2D eigenvalue weighted by Crippen LogP contribution is -2.37. The Kier molecular flexibility index (Phi) is 6.33. The highest BCUT2D eigenvalue weighted by molar-refractivity contribution is 7.90. The SMILES string of the molecule is CC(C)c1noc(N2CCC(OCc3ccc(-n4ccc5cc(S(C)(=O)=O)ccc54)nc3)CC2)n1. The van der Waals surface area contributed by atoms with E-state index in [1.54, 1.807) is 12.1 Å². The van der Waals surface area contributed by atoms with Gasteiger partial charge in [-0.3, -0.25) is 0 Å². The fourth-order valence-electron chi connectivity index (χ4n) is 4.21. The average molecular weight is 496 g/mol. The van der Waals surface area contributed by atoms with Crippen LogP contribution in [0.2, 0.25) is 0 Å². The molecule has 35 heavy (non-hydrogen) atoms. The summed E-state index contributed by atoms with van der Waals surface area (Å²) in [7, 11) is -3.24. The van der Waals surface area contributed by atoms with Crippen LogP contribution in [0.15, 0.2) is 58.2 Å². The van der Waals surface area contributed by atoms with Crippen LogP contribution in [0.4, 0.5) is 6.01 Å². The summed E-state index contributed by atoms with van der Waals surface area (Å²) >= 11 is 0. The van der Waals surface area contributed by atoms with Gasteiger partial charge in [0, 0.05) is 43.0 Å². The van der Waals surface area contributed by atoms with Gasteiger partial charge in [-0.2, -0.15) is 4.98 Å². The minimum atomic E-state index is -3.24. The Labute approximate surface area is 204 Å². The largest absolute Gasteiger partial charge is 0.373 e. The number of anilines is 1. The zero-order chi connectivity index (χ0) is 24.6. The standard InChI is InChI=1S/C25H29N5O4S/c1-17(2)24-27-25(34-28-24)29-11-9-20(10-12-29)33-16-18-4-7-23(26-15-18)30-13-8-19-14-21(35(3,31)32)5-6-22(19)30/h4-8,13-15,17,20H,9-12,16H2,1-3H3. The maximum Gasteiger partial charge on any atom is 0.324 e. The molecule has 10 heteroatoms. The number of pyridine rings is 1. The quantitative estimate of drug-likeness (QED) is 0.377. The molecule has 1 aliphatic heterocycles.